The lowest BCUT2D eigenvalue weighted by molar-refractivity contribution is 0.0151. The predicted octanol–water partition coefficient (Wildman–Crippen LogP) is 1.70. The van der Waals surface area contributed by atoms with Crippen LogP contribution < -0.4 is 0 Å². The fourth-order valence-electron chi connectivity index (χ4n) is 2.36. The summed E-state index contributed by atoms with van der Waals surface area (Å²) in [5.41, 5.74) is -0.712. The van der Waals surface area contributed by atoms with Crippen LogP contribution in [0.2, 0.25) is 0 Å². The average molecular weight is 168 g/mol. The molecule has 68 valence electrons. The van der Waals surface area contributed by atoms with Crippen LogP contribution in [0.4, 0.5) is 0 Å². The molecular weight excluding hydrogens is 152 g/mol. The highest BCUT2D eigenvalue weighted by atomic mass is 16.5. The van der Waals surface area contributed by atoms with Crippen molar-refractivity contribution in [2.24, 2.45) is 11.8 Å². The molecule has 1 N–H and O–H groups in total. The van der Waals surface area contributed by atoms with E-state index in [1.807, 2.05) is 0 Å². The lowest BCUT2D eigenvalue weighted by Gasteiger charge is -2.33. The van der Waals surface area contributed by atoms with Crippen molar-refractivity contribution in [3.8, 4) is 0 Å². The molecule has 2 heteroatoms. The van der Waals surface area contributed by atoms with Gasteiger partial charge in [-0.3, -0.25) is 0 Å². The molecule has 0 aromatic carbocycles. The Labute approximate surface area is 73.2 Å². The molecule has 12 heavy (non-hydrogen) atoms. The first-order valence-electron chi connectivity index (χ1n) is 4.61. The molecule has 2 nitrogen and oxygen atoms in total. The van der Waals surface area contributed by atoms with Gasteiger partial charge in [0.2, 0.25) is 0 Å². The number of hydrogen-bond donors (Lipinski definition) is 1. The molecule has 2 rings (SSSR count). The van der Waals surface area contributed by atoms with Crippen LogP contribution in [0.25, 0.3) is 0 Å². The van der Waals surface area contributed by atoms with Gasteiger partial charge in [0.05, 0.1) is 0 Å². The van der Waals surface area contributed by atoms with E-state index in [2.05, 4.69) is 20.4 Å². The molecule has 0 amide bonds. The predicted molar refractivity (Wildman–Crippen MR) is 46.5 cm³/mol. The molecule has 2 bridgehead atoms. The highest BCUT2D eigenvalue weighted by Gasteiger charge is 2.51. The quantitative estimate of drug-likeness (QED) is 0.596. The van der Waals surface area contributed by atoms with Gasteiger partial charge in [-0.1, -0.05) is 20.4 Å². The second kappa shape index (κ2) is 2.25. The van der Waals surface area contributed by atoms with E-state index < -0.39 is 5.60 Å². The largest absolute Gasteiger partial charge is 0.492 e. The fraction of sp³-hybridized carbons (Fsp3) is 0.800. The van der Waals surface area contributed by atoms with Crippen molar-refractivity contribution in [2.45, 2.75) is 38.4 Å². The second-order valence-corrected chi connectivity index (χ2v) is 4.36. The van der Waals surface area contributed by atoms with E-state index in [0.29, 0.717) is 17.6 Å². The van der Waals surface area contributed by atoms with Gasteiger partial charge in [0.15, 0.2) is 0 Å². The lowest BCUT2D eigenvalue weighted by Crippen LogP contribution is -2.38. The molecule has 0 aromatic rings. The van der Waals surface area contributed by atoms with Gasteiger partial charge in [-0.15, -0.1) is 0 Å². The van der Waals surface area contributed by atoms with Crippen molar-refractivity contribution in [1.82, 2.24) is 0 Å². The summed E-state index contributed by atoms with van der Waals surface area (Å²) in [4.78, 5) is 0. The van der Waals surface area contributed by atoms with Gasteiger partial charge >= 0.3 is 0 Å². The maximum Gasteiger partial charge on any atom is 0.125 e. The summed E-state index contributed by atoms with van der Waals surface area (Å²) in [5, 5.41) is 10.1. The van der Waals surface area contributed by atoms with Gasteiger partial charge in [0.25, 0.3) is 0 Å². The maximum absolute atomic E-state index is 10.1. The summed E-state index contributed by atoms with van der Waals surface area (Å²) in [6, 6.07) is 0. The van der Waals surface area contributed by atoms with Crippen LogP contribution in [0.15, 0.2) is 12.3 Å². The van der Waals surface area contributed by atoms with Crippen LogP contribution in [0.5, 0.6) is 0 Å². The van der Waals surface area contributed by atoms with E-state index in [4.69, 9.17) is 4.74 Å². The number of aliphatic hydroxyl groups is 1. The van der Waals surface area contributed by atoms with Crippen LogP contribution in [0, 0.1) is 11.8 Å². The summed E-state index contributed by atoms with van der Waals surface area (Å²) in [7, 11) is 0. The molecule has 1 saturated heterocycles. The Hall–Kier alpha value is -0.500. The monoisotopic (exact) mass is 168 g/mol. The molecule has 4 atom stereocenters. The Morgan fingerprint density at radius 1 is 1.50 bits per heavy atom. The van der Waals surface area contributed by atoms with E-state index in [0.717, 1.165) is 12.8 Å². The topological polar surface area (TPSA) is 29.5 Å². The Kier molecular flexibility index (Phi) is 1.52. The molecule has 2 aliphatic rings. The smallest absolute Gasteiger partial charge is 0.125 e. The van der Waals surface area contributed by atoms with E-state index in [9.17, 15) is 5.11 Å². The molecular formula is C10H16O2. The Balaban J connectivity index is 2.28. The van der Waals surface area contributed by atoms with E-state index in [-0.39, 0.29) is 6.10 Å². The molecule has 1 heterocycles. The molecule has 2 fully saturated rings. The van der Waals surface area contributed by atoms with Crippen molar-refractivity contribution < 1.29 is 9.84 Å². The minimum absolute atomic E-state index is 0.200. The van der Waals surface area contributed by atoms with Crippen LogP contribution >= 0.6 is 0 Å². The van der Waals surface area contributed by atoms with Gasteiger partial charge in [0, 0.05) is 6.42 Å². The molecule has 1 aliphatic heterocycles. The molecule has 0 unspecified atom stereocenters. The lowest BCUT2D eigenvalue weighted by atomic mass is 9.73. The first-order valence-corrected chi connectivity index (χ1v) is 4.61. The van der Waals surface area contributed by atoms with Crippen LogP contribution in [0.1, 0.15) is 26.7 Å². The fourth-order valence-corrected chi connectivity index (χ4v) is 2.36. The summed E-state index contributed by atoms with van der Waals surface area (Å²) in [6.07, 6.45) is 1.76. The highest BCUT2D eigenvalue weighted by molar-refractivity contribution is 5.16. The minimum atomic E-state index is -0.712. The van der Waals surface area contributed by atoms with Crippen molar-refractivity contribution in [2.75, 3.05) is 0 Å². The van der Waals surface area contributed by atoms with Gasteiger partial charge in [-0.25, -0.2) is 0 Å². The highest BCUT2D eigenvalue weighted by Crippen LogP contribution is 2.47. The summed E-state index contributed by atoms with van der Waals surface area (Å²) in [5.74, 6) is 1.67. The number of ether oxygens (including phenoxy) is 1. The summed E-state index contributed by atoms with van der Waals surface area (Å²) in [6.45, 7) is 8.12. The summed E-state index contributed by atoms with van der Waals surface area (Å²) >= 11 is 0. The molecule has 0 radical (unpaired) electrons. The van der Waals surface area contributed by atoms with Gasteiger partial charge in [0.1, 0.15) is 17.5 Å². The molecule has 0 aromatic heterocycles. The SMILES string of the molecule is C=C1O[C@@H]2C[C@@]1(O)C[C@@H](C)[C@H]2C. The standard InChI is InChI=1S/C10H16O2/c1-6-4-10(11)5-9(7(6)2)12-8(10)3/h6-7,9,11H,3-5H2,1-2H3/t6-,7-,9-,10+/m1/s1. The number of hydrogen-bond acceptors (Lipinski definition) is 2. The van der Waals surface area contributed by atoms with E-state index >= 15 is 0 Å². The Bertz CT molecular complexity index is 224. The van der Waals surface area contributed by atoms with Crippen molar-refractivity contribution >= 4 is 0 Å². The normalized spacial score (nSPS) is 52.2. The zero-order valence-corrected chi connectivity index (χ0v) is 7.71. The number of fused-ring (bicyclic) bond motifs is 2. The third kappa shape index (κ3) is 0.908. The van der Waals surface area contributed by atoms with Crippen LogP contribution in [0.3, 0.4) is 0 Å². The third-order valence-electron chi connectivity index (χ3n) is 3.50. The summed E-state index contributed by atoms with van der Waals surface area (Å²) < 4.78 is 5.53. The van der Waals surface area contributed by atoms with Crippen molar-refractivity contribution in [3.63, 3.8) is 0 Å². The average Bonchev–Trinajstić information content (AvgIpc) is 2.22. The Morgan fingerprint density at radius 2 is 2.17 bits per heavy atom. The molecule has 0 spiro atoms. The van der Waals surface area contributed by atoms with Crippen molar-refractivity contribution in [3.05, 3.63) is 12.3 Å². The van der Waals surface area contributed by atoms with E-state index in [1.54, 1.807) is 0 Å². The van der Waals surface area contributed by atoms with Gasteiger partial charge in [-0.05, 0) is 18.3 Å². The minimum Gasteiger partial charge on any atom is -0.492 e. The molecule has 1 aliphatic carbocycles. The van der Waals surface area contributed by atoms with Crippen LogP contribution in [-0.4, -0.2) is 16.8 Å². The maximum atomic E-state index is 10.1. The molecule has 1 saturated carbocycles. The van der Waals surface area contributed by atoms with Crippen molar-refractivity contribution in [1.29, 1.82) is 0 Å². The zero-order valence-electron chi connectivity index (χ0n) is 7.71. The third-order valence-corrected chi connectivity index (χ3v) is 3.50. The van der Waals surface area contributed by atoms with Gasteiger partial charge in [-0.2, -0.15) is 0 Å². The second-order valence-electron chi connectivity index (χ2n) is 4.36. The zero-order chi connectivity index (χ0) is 8.93. The number of rotatable bonds is 0. The van der Waals surface area contributed by atoms with E-state index in [1.165, 1.54) is 0 Å². The van der Waals surface area contributed by atoms with Crippen LogP contribution in [-0.2, 0) is 4.74 Å². The Morgan fingerprint density at radius 3 is 2.83 bits per heavy atom. The van der Waals surface area contributed by atoms with Gasteiger partial charge < -0.3 is 9.84 Å². The first-order chi connectivity index (χ1) is 5.53. The first kappa shape index (κ1) is 8.11.